The molecule has 21 heavy (non-hydrogen) atoms. The largest absolute Gasteiger partial charge is 0.481 e. The van der Waals surface area contributed by atoms with Crippen LogP contribution in [0.3, 0.4) is 0 Å². The smallest absolute Gasteiger partial charge is 0.307 e. The van der Waals surface area contributed by atoms with Crippen molar-refractivity contribution in [2.24, 2.45) is 5.41 Å². The summed E-state index contributed by atoms with van der Waals surface area (Å²) in [6, 6.07) is 6.60. The van der Waals surface area contributed by atoms with Gasteiger partial charge in [0.2, 0.25) is 11.8 Å². The van der Waals surface area contributed by atoms with Crippen LogP contribution in [0.25, 0.3) is 0 Å². The summed E-state index contributed by atoms with van der Waals surface area (Å²) in [5, 5.41) is 13.9. The molecule has 0 saturated carbocycles. The van der Waals surface area contributed by atoms with E-state index in [0.29, 0.717) is 11.3 Å². The number of carbonyl (C=O) groups excluding carboxylic acids is 2. The van der Waals surface area contributed by atoms with Crippen LogP contribution in [0.2, 0.25) is 0 Å². The average Bonchev–Trinajstić information content (AvgIpc) is 2.34. The van der Waals surface area contributed by atoms with Gasteiger partial charge < -0.3 is 15.7 Å². The quantitative estimate of drug-likeness (QED) is 0.764. The van der Waals surface area contributed by atoms with Crippen LogP contribution in [0.5, 0.6) is 0 Å². The Morgan fingerprint density at radius 3 is 2.43 bits per heavy atom. The molecular formula is C15H20N2O4. The number of benzene rings is 1. The number of hydrogen-bond acceptors (Lipinski definition) is 3. The minimum absolute atomic E-state index is 0.107. The molecule has 0 unspecified atom stereocenters. The average molecular weight is 292 g/mol. The van der Waals surface area contributed by atoms with E-state index >= 15 is 0 Å². The molecule has 1 rings (SSSR count). The first-order chi connectivity index (χ1) is 9.68. The van der Waals surface area contributed by atoms with Gasteiger partial charge in [-0.3, -0.25) is 14.4 Å². The molecule has 1 aromatic carbocycles. The van der Waals surface area contributed by atoms with Gasteiger partial charge in [-0.15, -0.1) is 0 Å². The van der Waals surface area contributed by atoms with Crippen LogP contribution in [-0.4, -0.2) is 29.4 Å². The highest BCUT2D eigenvalue weighted by atomic mass is 16.4. The Labute approximate surface area is 123 Å². The van der Waals surface area contributed by atoms with Crippen LogP contribution in [0.4, 0.5) is 5.69 Å². The molecule has 6 nitrogen and oxygen atoms in total. The van der Waals surface area contributed by atoms with E-state index in [2.05, 4.69) is 10.6 Å². The highest BCUT2D eigenvalue weighted by Crippen LogP contribution is 2.13. The molecule has 0 aliphatic carbocycles. The summed E-state index contributed by atoms with van der Waals surface area (Å²) in [6.07, 6.45) is -0.107. The molecular weight excluding hydrogens is 272 g/mol. The summed E-state index contributed by atoms with van der Waals surface area (Å²) in [5.41, 5.74) is 0.546. The van der Waals surface area contributed by atoms with E-state index in [4.69, 9.17) is 5.11 Å². The summed E-state index contributed by atoms with van der Waals surface area (Å²) in [7, 11) is 0. The lowest BCUT2D eigenvalue weighted by Crippen LogP contribution is -2.39. The van der Waals surface area contributed by atoms with Crippen LogP contribution in [0.15, 0.2) is 24.3 Å². The standard InChI is InChI=1S/C15H20N2O4/c1-15(2,3)14(21)16-9-12(18)17-11-6-4-5-10(7-11)8-13(19)20/h4-7H,8-9H2,1-3H3,(H,16,21)(H,17,18)(H,19,20). The summed E-state index contributed by atoms with van der Waals surface area (Å²) in [6.45, 7) is 5.15. The Morgan fingerprint density at radius 1 is 1.19 bits per heavy atom. The summed E-state index contributed by atoms with van der Waals surface area (Å²) in [5.74, 6) is -1.51. The summed E-state index contributed by atoms with van der Waals surface area (Å²) in [4.78, 5) is 34.0. The van der Waals surface area contributed by atoms with Crippen LogP contribution in [-0.2, 0) is 20.8 Å². The molecule has 3 N–H and O–H groups in total. The number of hydrogen-bond donors (Lipinski definition) is 3. The third kappa shape index (κ3) is 6.07. The van der Waals surface area contributed by atoms with E-state index < -0.39 is 11.4 Å². The van der Waals surface area contributed by atoms with Gasteiger partial charge in [0.1, 0.15) is 0 Å². The van der Waals surface area contributed by atoms with Crippen molar-refractivity contribution in [2.75, 3.05) is 11.9 Å². The Balaban J connectivity index is 2.55. The van der Waals surface area contributed by atoms with E-state index in [-0.39, 0.29) is 24.8 Å². The SMILES string of the molecule is CC(C)(C)C(=O)NCC(=O)Nc1cccc(CC(=O)O)c1. The zero-order valence-corrected chi connectivity index (χ0v) is 12.4. The van der Waals surface area contributed by atoms with Crippen LogP contribution in [0.1, 0.15) is 26.3 Å². The molecule has 114 valence electrons. The van der Waals surface area contributed by atoms with E-state index in [1.165, 1.54) is 0 Å². The molecule has 6 heteroatoms. The molecule has 0 aliphatic heterocycles. The fourth-order valence-electron chi connectivity index (χ4n) is 1.56. The Morgan fingerprint density at radius 2 is 1.86 bits per heavy atom. The van der Waals surface area contributed by atoms with Crippen molar-refractivity contribution in [3.8, 4) is 0 Å². The Kier molecular flexibility index (Phi) is 5.46. The lowest BCUT2D eigenvalue weighted by Gasteiger charge is -2.17. The Hall–Kier alpha value is -2.37. The number of carboxylic acids is 1. The van der Waals surface area contributed by atoms with Gasteiger partial charge in [-0.05, 0) is 17.7 Å². The van der Waals surface area contributed by atoms with Gasteiger partial charge in [0.15, 0.2) is 0 Å². The number of anilines is 1. The molecule has 0 aliphatic rings. The topological polar surface area (TPSA) is 95.5 Å². The second-order valence-electron chi connectivity index (χ2n) is 5.75. The summed E-state index contributed by atoms with van der Waals surface area (Å²) < 4.78 is 0. The number of amides is 2. The van der Waals surface area contributed by atoms with Gasteiger partial charge in [-0.1, -0.05) is 32.9 Å². The zero-order valence-electron chi connectivity index (χ0n) is 12.4. The molecule has 1 aromatic rings. The molecule has 0 atom stereocenters. The third-order valence-corrected chi connectivity index (χ3v) is 2.66. The highest BCUT2D eigenvalue weighted by molar-refractivity contribution is 5.95. The Bertz CT molecular complexity index is 547. The van der Waals surface area contributed by atoms with Gasteiger partial charge in [0, 0.05) is 11.1 Å². The number of rotatable bonds is 5. The van der Waals surface area contributed by atoms with Crippen LogP contribution < -0.4 is 10.6 Å². The molecule has 0 heterocycles. The van der Waals surface area contributed by atoms with Gasteiger partial charge in [0.05, 0.1) is 13.0 Å². The normalized spacial score (nSPS) is 10.8. The third-order valence-electron chi connectivity index (χ3n) is 2.66. The predicted molar refractivity (Wildman–Crippen MR) is 78.9 cm³/mol. The van der Waals surface area contributed by atoms with Gasteiger partial charge in [-0.25, -0.2) is 0 Å². The van der Waals surface area contributed by atoms with E-state index in [0.717, 1.165) is 0 Å². The van der Waals surface area contributed by atoms with E-state index in [1.54, 1.807) is 45.0 Å². The van der Waals surface area contributed by atoms with Crippen molar-refractivity contribution < 1.29 is 19.5 Å². The minimum Gasteiger partial charge on any atom is -0.481 e. The number of carboxylic acid groups (broad SMARTS) is 1. The van der Waals surface area contributed by atoms with Crippen LogP contribution in [0, 0.1) is 5.41 Å². The number of nitrogens with one attached hydrogen (secondary N) is 2. The monoisotopic (exact) mass is 292 g/mol. The highest BCUT2D eigenvalue weighted by Gasteiger charge is 2.21. The molecule has 0 spiro atoms. The van der Waals surface area contributed by atoms with Gasteiger partial charge >= 0.3 is 5.97 Å². The second-order valence-corrected chi connectivity index (χ2v) is 5.75. The van der Waals surface area contributed by atoms with Crippen LogP contribution >= 0.6 is 0 Å². The minimum atomic E-state index is -0.934. The van der Waals surface area contributed by atoms with Crippen molar-refractivity contribution in [3.05, 3.63) is 29.8 Å². The van der Waals surface area contributed by atoms with Gasteiger partial charge in [0.25, 0.3) is 0 Å². The maximum absolute atomic E-state index is 11.7. The maximum Gasteiger partial charge on any atom is 0.307 e. The first-order valence-corrected chi connectivity index (χ1v) is 6.57. The zero-order chi connectivity index (χ0) is 16.0. The van der Waals surface area contributed by atoms with Gasteiger partial charge in [-0.2, -0.15) is 0 Å². The lowest BCUT2D eigenvalue weighted by molar-refractivity contribution is -0.136. The van der Waals surface area contributed by atoms with Crippen molar-refractivity contribution in [1.29, 1.82) is 0 Å². The van der Waals surface area contributed by atoms with Crippen molar-refractivity contribution in [2.45, 2.75) is 27.2 Å². The molecule has 0 saturated heterocycles. The maximum atomic E-state index is 11.7. The van der Waals surface area contributed by atoms with Crippen molar-refractivity contribution in [1.82, 2.24) is 5.32 Å². The molecule has 2 amide bonds. The summed E-state index contributed by atoms with van der Waals surface area (Å²) >= 11 is 0. The predicted octanol–water partition coefficient (Wildman–Crippen LogP) is 1.41. The number of aliphatic carboxylic acids is 1. The lowest BCUT2D eigenvalue weighted by atomic mass is 9.96. The molecule has 0 fully saturated rings. The molecule has 0 radical (unpaired) electrons. The van der Waals surface area contributed by atoms with Crippen molar-refractivity contribution >= 4 is 23.5 Å². The first-order valence-electron chi connectivity index (χ1n) is 6.57. The van der Waals surface area contributed by atoms with E-state index in [9.17, 15) is 14.4 Å². The van der Waals surface area contributed by atoms with E-state index in [1.807, 2.05) is 0 Å². The fraction of sp³-hybridized carbons (Fsp3) is 0.400. The second kappa shape index (κ2) is 6.88. The molecule has 0 bridgehead atoms. The number of carbonyl (C=O) groups is 3. The molecule has 0 aromatic heterocycles. The van der Waals surface area contributed by atoms with Crippen molar-refractivity contribution in [3.63, 3.8) is 0 Å². The first kappa shape index (κ1) is 16.7. The fourth-order valence-corrected chi connectivity index (χ4v) is 1.56.